The highest BCUT2D eigenvalue weighted by molar-refractivity contribution is 6.04. The fraction of sp³-hybridized carbons (Fsp3) is 0.0588. The highest BCUT2D eigenvalue weighted by Crippen LogP contribution is 2.28. The largest absolute Gasteiger partial charge is 0.573 e. The molecular weight excluding hydrogens is 367 g/mol. The number of carbonyl (C=O) groups is 1. The van der Waals surface area contributed by atoms with Crippen LogP contribution >= 0.6 is 0 Å². The molecule has 0 atom stereocenters. The number of nitrogens with zero attached hydrogens (tertiary/aromatic N) is 3. The first kappa shape index (κ1) is 16.8. The SMILES string of the molecule is O=C(O)c1cccn2c(=O)c3cnc4ccc(OC(F)(F)F)cc4c3nc12. The highest BCUT2D eigenvalue weighted by atomic mass is 19.4. The van der Waals surface area contributed by atoms with Gasteiger partial charge >= 0.3 is 12.3 Å². The molecule has 0 unspecified atom stereocenters. The van der Waals surface area contributed by atoms with E-state index in [1.807, 2.05) is 0 Å². The van der Waals surface area contributed by atoms with Crippen LogP contribution in [0.3, 0.4) is 0 Å². The zero-order chi connectivity index (χ0) is 19.3. The zero-order valence-electron chi connectivity index (χ0n) is 13.2. The summed E-state index contributed by atoms with van der Waals surface area (Å²) < 4.78 is 42.4. The molecule has 0 aliphatic heterocycles. The molecule has 27 heavy (non-hydrogen) atoms. The maximum Gasteiger partial charge on any atom is 0.573 e. The van der Waals surface area contributed by atoms with Crippen molar-refractivity contribution in [2.24, 2.45) is 0 Å². The van der Waals surface area contributed by atoms with E-state index in [0.717, 1.165) is 16.5 Å². The molecule has 7 nitrogen and oxygen atoms in total. The van der Waals surface area contributed by atoms with Crippen LogP contribution in [-0.4, -0.2) is 31.8 Å². The van der Waals surface area contributed by atoms with E-state index in [2.05, 4.69) is 14.7 Å². The molecule has 0 spiro atoms. The predicted octanol–water partition coefficient (Wildman–Crippen LogP) is 2.99. The van der Waals surface area contributed by atoms with Crippen LogP contribution in [-0.2, 0) is 0 Å². The topological polar surface area (TPSA) is 93.8 Å². The summed E-state index contributed by atoms with van der Waals surface area (Å²) in [6.45, 7) is 0. The fourth-order valence-corrected chi connectivity index (χ4v) is 2.81. The van der Waals surface area contributed by atoms with Crippen molar-refractivity contribution in [1.29, 1.82) is 0 Å². The van der Waals surface area contributed by atoms with Crippen LogP contribution in [0, 0.1) is 0 Å². The molecule has 136 valence electrons. The number of aromatic nitrogens is 3. The van der Waals surface area contributed by atoms with Gasteiger partial charge in [0, 0.05) is 17.8 Å². The van der Waals surface area contributed by atoms with Crippen LogP contribution in [0.4, 0.5) is 13.2 Å². The van der Waals surface area contributed by atoms with Gasteiger partial charge in [-0.25, -0.2) is 9.78 Å². The molecule has 0 bridgehead atoms. The zero-order valence-corrected chi connectivity index (χ0v) is 13.2. The normalized spacial score (nSPS) is 12.0. The molecule has 0 aliphatic carbocycles. The summed E-state index contributed by atoms with van der Waals surface area (Å²) in [7, 11) is 0. The van der Waals surface area contributed by atoms with E-state index in [9.17, 15) is 27.9 Å². The van der Waals surface area contributed by atoms with E-state index in [0.29, 0.717) is 0 Å². The smallest absolute Gasteiger partial charge is 0.478 e. The monoisotopic (exact) mass is 375 g/mol. The molecule has 0 radical (unpaired) electrons. The average Bonchev–Trinajstić information content (AvgIpc) is 2.60. The van der Waals surface area contributed by atoms with E-state index >= 15 is 0 Å². The van der Waals surface area contributed by atoms with Crippen LogP contribution in [0.25, 0.3) is 27.5 Å². The number of alkyl halides is 3. The second-order valence-electron chi connectivity index (χ2n) is 5.58. The number of ether oxygens (including phenoxy) is 1. The van der Waals surface area contributed by atoms with Gasteiger partial charge in [0.15, 0.2) is 5.65 Å². The summed E-state index contributed by atoms with van der Waals surface area (Å²) >= 11 is 0. The maximum atomic E-state index is 12.7. The molecule has 0 aliphatic rings. The van der Waals surface area contributed by atoms with Crippen molar-refractivity contribution >= 4 is 33.4 Å². The Kier molecular flexibility index (Phi) is 3.51. The number of hydrogen-bond donors (Lipinski definition) is 1. The molecule has 3 heterocycles. The second-order valence-corrected chi connectivity index (χ2v) is 5.58. The van der Waals surface area contributed by atoms with Gasteiger partial charge in [-0.1, -0.05) is 0 Å². The molecule has 3 aromatic heterocycles. The Bertz CT molecular complexity index is 1300. The van der Waals surface area contributed by atoms with Gasteiger partial charge in [-0.15, -0.1) is 13.2 Å². The van der Waals surface area contributed by atoms with E-state index in [-0.39, 0.29) is 33.0 Å². The van der Waals surface area contributed by atoms with Crippen molar-refractivity contribution in [1.82, 2.24) is 14.4 Å². The van der Waals surface area contributed by atoms with Crippen molar-refractivity contribution in [3.8, 4) is 5.75 Å². The Morgan fingerprint density at radius 1 is 1.19 bits per heavy atom. The first-order valence-electron chi connectivity index (χ1n) is 7.47. The van der Waals surface area contributed by atoms with Crippen LogP contribution in [0.1, 0.15) is 10.4 Å². The Labute approximate surface area is 147 Å². The minimum atomic E-state index is -4.89. The van der Waals surface area contributed by atoms with Crippen molar-refractivity contribution < 1.29 is 27.8 Å². The summed E-state index contributed by atoms with van der Waals surface area (Å²) in [6.07, 6.45) is -2.29. The summed E-state index contributed by atoms with van der Waals surface area (Å²) in [4.78, 5) is 32.4. The third-order valence-corrected chi connectivity index (χ3v) is 3.91. The van der Waals surface area contributed by atoms with E-state index in [1.165, 1.54) is 30.6 Å². The van der Waals surface area contributed by atoms with Gasteiger partial charge in [-0.2, -0.15) is 0 Å². The lowest BCUT2D eigenvalue weighted by Crippen LogP contribution is -2.18. The van der Waals surface area contributed by atoms with Gasteiger partial charge in [0.1, 0.15) is 11.3 Å². The fourth-order valence-electron chi connectivity index (χ4n) is 2.81. The van der Waals surface area contributed by atoms with Gasteiger partial charge in [0.25, 0.3) is 5.56 Å². The third-order valence-electron chi connectivity index (χ3n) is 3.91. The Morgan fingerprint density at radius 3 is 2.67 bits per heavy atom. The third kappa shape index (κ3) is 2.80. The first-order chi connectivity index (χ1) is 12.7. The lowest BCUT2D eigenvalue weighted by atomic mass is 10.1. The quantitative estimate of drug-likeness (QED) is 0.428. The van der Waals surface area contributed by atoms with Crippen LogP contribution < -0.4 is 10.3 Å². The van der Waals surface area contributed by atoms with Gasteiger partial charge < -0.3 is 9.84 Å². The number of pyridine rings is 2. The number of aromatic carboxylic acids is 1. The molecular formula is C17H8F3N3O4. The molecule has 0 saturated heterocycles. The van der Waals surface area contributed by atoms with Crippen LogP contribution in [0.2, 0.25) is 0 Å². The van der Waals surface area contributed by atoms with Gasteiger partial charge in [0.2, 0.25) is 0 Å². The number of carboxylic acids is 1. The number of carboxylic acid groups (broad SMARTS) is 1. The second kappa shape index (κ2) is 5.66. The predicted molar refractivity (Wildman–Crippen MR) is 87.9 cm³/mol. The summed E-state index contributed by atoms with van der Waals surface area (Å²) in [5.41, 5.74) is -0.622. The van der Waals surface area contributed by atoms with Crippen molar-refractivity contribution in [3.05, 3.63) is 58.6 Å². The molecule has 1 aromatic carbocycles. The average molecular weight is 375 g/mol. The van der Waals surface area contributed by atoms with Crippen molar-refractivity contribution in [3.63, 3.8) is 0 Å². The van der Waals surface area contributed by atoms with E-state index < -0.39 is 23.6 Å². The molecule has 4 rings (SSSR count). The molecule has 1 N–H and O–H groups in total. The molecule has 4 aromatic rings. The maximum absolute atomic E-state index is 12.7. The van der Waals surface area contributed by atoms with E-state index in [1.54, 1.807) is 0 Å². The number of halogens is 3. The molecule has 10 heteroatoms. The van der Waals surface area contributed by atoms with Crippen molar-refractivity contribution in [2.45, 2.75) is 6.36 Å². The number of hydrogen-bond acceptors (Lipinski definition) is 5. The standard InChI is InChI=1S/C17H8F3N3O4/c18-17(19,20)27-8-3-4-12-10(6-8)13-11(7-21-12)15(24)23-5-1-2-9(16(25)26)14(23)22-13/h1-7H,(H,25,26). The number of rotatable bonds is 2. The van der Waals surface area contributed by atoms with E-state index in [4.69, 9.17) is 0 Å². The Hall–Kier alpha value is -3.69. The first-order valence-corrected chi connectivity index (χ1v) is 7.47. The lowest BCUT2D eigenvalue weighted by Gasteiger charge is -2.11. The number of fused-ring (bicyclic) bond motifs is 4. The van der Waals surface area contributed by atoms with Crippen molar-refractivity contribution in [2.75, 3.05) is 0 Å². The van der Waals surface area contributed by atoms with Crippen LogP contribution in [0.5, 0.6) is 5.75 Å². The van der Waals surface area contributed by atoms with Gasteiger partial charge in [-0.3, -0.25) is 14.2 Å². The Balaban J connectivity index is 2.12. The number of benzene rings is 1. The minimum absolute atomic E-state index is 0.0336. The van der Waals surface area contributed by atoms with Gasteiger partial charge in [-0.05, 0) is 30.3 Å². The lowest BCUT2D eigenvalue weighted by molar-refractivity contribution is -0.274. The summed E-state index contributed by atoms with van der Waals surface area (Å²) in [6, 6.07) is 6.10. The van der Waals surface area contributed by atoms with Gasteiger partial charge in [0.05, 0.1) is 16.4 Å². The minimum Gasteiger partial charge on any atom is -0.478 e. The van der Waals surface area contributed by atoms with Crippen LogP contribution in [0.15, 0.2) is 47.5 Å². The molecule has 0 amide bonds. The Morgan fingerprint density at radius 2 is 1.96 bits per heavy atom. The molecule has 0 fully saturated rings. The summed E-state index contributed by atoms with van der Waals surface area (Å²) in [5, 5.41) is 9.49. The molecule has 0 saturated carbocycles. The highest BCUT2D eigenvalue weighted by Gasteiger charge is 2.31. The summed E-state index contributed by atoms with van der Waals surface area (Å²) in [5.74, 6) is -1.79.